The molecule has 0 aliphatic rings. The summed E-state index contributed by atoms with van der Waals surface area (Å²) < 4.78 is 21.3. The topological polar surface area (TPSA) is 91.3 Å². The number of carboxylic acids is 1. The zero-order chi connectivity index (χ0) is 19.4. The molecule has 26 heavy (non-hydrogen) atoms. The Morgan fingerprint density at radius 1 is 0.962 bits per heavy atom. The van der Waals surface area contributed by atoms with Crippen LogP contribution < -0.4 is 9.47 Å². The Hall–Kier alpha value is -2.35. The van der Waals surface area contributed by atoms with Gasteiger partial charge in [-0.3, -0.25) is 4.79 Å². The number of hydrogen-bond donors (Lipinski definition) is 1. The molecule has 0 aromatic heterocycles. The van der Waals surface area contributed by atoms with E-state index in [9.17, 15) is 14.7 Å². The number of carbonyl (C=O) groups excluding carboxylic acids is 1. The number of hydrogen-bond acceptors (Lipinski definition) is 6. The molecule has 1 aromatic carbocycles. The molecule has 1 N–H and O–H groups in total. The fraction of sp³-hybridized carbons (Fsp3) is 0.333. The van der Waals surface area contributed by atoms with E-state index in [0.29, 0.717) is 13.2 Å². The van der Waals surface area contributed by atoms with Gasteiger partial charge in [0.05, 0.1) is 24.3 Å². The lowest BCUT2D eigenvalue weighted by atomic mass is 10.1. The van der Waals surface area contributed by atoms with Gasteiger partial charge in [-0.05, 0) is 37.6 Å². The second-order valence-corrected chi connectivity index (χ2v) is 5.17. The molecule has 0 aliphatic carbocycles. The lowest BCUT2D eigenvalue weighted by molar-refractivity contribution is 0.0134. The Morgan fingerprint density at radius 3 is 1.81 bits per heavy atom. The van der Waals surface area contributed by atoms with Gasteiger partial charge in [-0.2, -0.15) is 0 Å². The molecule has 7 nitrogen and oxygen atoms in total. The Kier molecular flexibility index (Phi) is 10.1. The second-order valence-electron chi connectivity index (χ2n) is 4.83. The van der Waals surface area contributed by atoms with Gasteiger partial charge < -0.3 is 24.1 Å². The van der Waals surface area contributed by atoms with Gasteiger partial charge in [-0.1, -0.05) is 24.3 Å². The smallest absolute Gasteiger partial charge is 0.336 e. The van der Waals surface area contributed by atoms with Crippen LogP contribution in [-0.4, -0.2) is 43.1 Å². The number of halogens is 1. The van der Waals surface area contributed by atoms with Crippen molar-refractivity contribution in [3.8, 4) is 11.5 Å². The molecular formula is C18H21ClO7. The molecule has 0 atom stereocenters. The highest BCUT2D eigenvalue weighted by molar-refractivity contribution is 6.68. The molecule has 0 saturated carbocycles. The third-order valence-electron chi connectivity index (χ3n) is 3.02. The maximum atomic E-state index is 11.5. The van der Waals surface area contributed by atoms with E-state index in [2.05, 4.69) is 0 Å². The van der Waals surface area contributed by atoms with Gasteiger partial charge in [0.15, 0.2) is 25.1 Å². The summed E-state index contributed by atoms with van der Waals surface area (Å²) in [5.41, 5.74) is -0.500. The number of benzene rings is 1. The molecule has 8 heteroatoms. The molecule has 0 spiro atoms. The lowest BCUT2D eigenvalue weighted by Crippen LogP contribution is -2.11. The van der Waals surface area contributed by atoms with E-state index in [-0.39, 0.29) is 36.2 Å². The third kappa shape index (κ3) is 7.26. The van der Waals surface area contributed by atoms with Crippen molar-refractivity contribution in [1.82, 2.24) is 0 Å². The number of allylic oxidation sites excluding steroid dienone is 2. The van der Waals surface area contributed by atoms with Gasteiger partial charge in [0.2, 0.25) is 0 Å². The van der Waals surface area contributed by atoms with Crippen LogP contribution in [0.15, 0.2) is 36.4 Å². The van der Waals surface area contributed by atoms with Crippen molar-refractivity contribution in [2.24, 2.45) is 0 Å². The van der Waals surface area contributed by atoms with E-state index in [0.717, 1.165) is 6.07 Å². The monoisotopic (exact) mass is 384 g/mol. The molecule has 1 rings (SSSR count). The van der Waals surface area contributed by atoms with Crippen LogP contribution in [0.25, 0.3) is 0 Å². The molecule has 142 valence electrons. The number of carboxylic acid groups (broad SMARTS) is 1. The van der Waals surface area contributed by atoms with Crippen LogP contribution in [-0.2, 0) is 9.47 Å². The van der Waals surface area contributed by atoms with E-state index in [4.69, 9.17) is 30.5 Å². The Morgan fingerprint density at radius 2 is 1.42 bits per heavy atom. The van der Waals surface area contributed by atoms with Crippen molar-refractivity contribution in [2.45, 2.75) is 13.8 Å². The summed E-state index contributed by atoms with van der Waals surface area (Å²) in [6, 6.07) is 2.37. The Balaban J connectivity index is 2.97. The molecule has 0 amide bonds. The number of rotatable bonds is 12. The zero-order valence-corrected chi connectivity index (χ0v) is 15.3. The maximum Gasteiger partial charge on any atom is 0.336 e. The number of aromatic carboxylic acids is 1. The highest BCUT2D eigenvalue weighted by atomic mass is 35.5. The van der Waals surface area contributed by atoms with Crippen molar-refractivity contribution in [2.75, 3.05) is 26.8 Å². The summed E-state index contributed by atoms with van der Waals surface area (Å²) >= 11 is 5.47. The van der Waals surface area contributed by atoms with Crippen LogP contribution in [0, 0.1) is 0 Å². The van der Waals surface area contributed by atoms with Crippen LogP contribution in [0.1, 0.15) is 34.6 Å². The first kappa shape index (κ1) is 21.7. The Bertz CT molecular complexity index is 611. The predicted molar refractivity (Wildman–Crippen MR) is 96.1 cm³/mol. The average molecular weight is 385 g/mol. The molecule has 0 unspecified atom stereocenters. The molecule has 0 radical (unpaired) electrons. The first-order valence-electron chi connectivity index (χ1n) is 7.75. The third-order valence-corrected chi connectivity index (χ3v) is 3.22. The van der Waals surface area contributed by atoms with E-state index in [1.807, 2.05) is 26.0 Å². The van der Waals surface area contributed by atoms with Crippen LogP contribution in [0.4, 0.5) is 0 Å². The second kappa shape index (κ2) is 12.1. The van der Waals surface area contributed by atoms with Gasteiger partial charge in [-0.15, -0.1) is 0 Å². The zero-order valence-electron chi connectivity index (χ0n) is 14.6. The van der Waals surface area contributed by atoms with Crippen LogP contribution in [0.3, 0.4) is 0 Å². The van der Waals surface area contributed by atoms with Crippen molar-refractivity contribution in [1.29, 1.82) is 0 Å². The van der Waals surface area contributed by atoms with Gasteiger partial charge in [0.1, 0.15) is 0 Å². The summed E-state index contributed by atoms with van der Waals surface area (Å²) in [5, 5.41) is 8.35. The molecule has 0 aliphatic heterocycles. The number of ether oxygens (including phenoxy) is 4. The van der Waals surface area contributed by atoms with E-state index in [1.165, 1.54) is 6.07 Å². The fourth-order valence-electron chi connectivity index (χ4n) is 1.76. The van der Waals surface area contributed by atoms with E-state index in [1.54, 1.807) is 12.2 Å². The average Bonchev–Trinajstić information content (AvgIpc) is 2.61. The molecule has 0 bridgehead atoms. The van der Waals surface area contributed by atoms with Gasteiger partial charge in [-0.25, -0.2) is 4.79 Å². The van der Waals surface area contributed by atoms with Gasteiger partial charge in [0.25, 0.3) is 5.24 Å². The standard InChI is InChI=1S/C18H21ClO7/c1-3-5-7-23-11-25-15-9-13(17(19)20)14(18(21)22)10-16(15)26-12-24-8-6-4-2/h3-6,9-10H,7-8,11-12H2,1-2H3,(H,21,22). The summed E-state index contributed by atoms with van der Waals surface area (Å²) in [6.45, 7) is 4.13. The summed E-state index contributed by atoms with van der Waals surface area (Å²) in [4.78, 5) is 22.9. The molecule has 0 saturated heterocycles. The summed E-state index contributed by atoms with van der Waals surface area (Å²) in [7, 11) is 0. The Labute approximate surface area is 156 Å². The van der Waals surface area contributed by atoms with Crippen molar-refractivity contribution in [3.63, 3.8) is 0 Å². The maximum absolute atomic E-state index is 11.5. The molecular weight excluding hydrogens is 364 g/mol. The molecule has 1 aromatic rings. The predicted octanol–water partition coefficient (Wildman–Crippen LogP) is 3.62. The normalized spacial score (nSPS) is 11.2. The minimum Gasteiger partial charge on any atom is -0.478 e. The van der Waals surface area contributed by atoms with Crippen LogP contribution >= 0.6 is 11.6 Å². The largest absolute Gasteiger partial charge is 0.478 e. The summed E-state index contributed by atoms with van der Waals surface area (Å²) in [5.74, 6) is -1.10. The number of carbonyl (C=O) groups is 2. The molecule has 0 heterocycles. The van der Waals surface area contributed by atoms with Crippen molar-refractivity contribution < 1.29 is 33.6 Å². The summed E-state index contributed by atoms with van der Waals surface area (Å²) in [6.07, 6.45) is 7.22. The van der Waals surface area contributed by atoms with E-state index < -0.39 is 11.2 Å². The van der Waals surface area contributed by atoms with Crippen molar-refractivity contribution in [3.05, 3.63) is 47.6 Å². The highest BCUT2D eigenvalue weighted by Gasteiger charge is 2.20. The SMILES string of the molecule is CC=CCOCOc1cc(C(=O)O)c(C(=O)Cl)cc1OCOCC=CC. The fourth-order valence-corrected chi connectivity index (χ4v) is 1.92. The van der Waals surface area contributed by atoms with Crippen LogP contribution in [0.2, 0.25) is 0 Å². The minimum absolute atomic E-state index is 0.0965. The quantitative estimate of drug-likeness (QED) is 0.254. The van der Waals surface area contributed by atoms with Gasteiger partial charge >= 0.3 is 5.97 Å². The first-order valence-corrected chi connectivity index (χ1v) is 8.13. The van der Waals surface area contributed by atoms with Gasteiger partial charge in [0, 0.05) is 0 Å². The van der Waals surface area contributed by atoms with Crippen LogP contribution in [0.5, 0.6) is 11.5 Å². The first-order chi connectivity index (χ1) is 12.5. The van der Waals surface area contributed by atoms with Crippen molar-refractivity contribution >= 4 is 22.8 Å². The van der Waals surface area contributed by atoms with E-state index >= 15 is 0 Å². The lowest BCUT2D eigenvalue weighted by Gasteiger charge is -2.15. The molecule has 0 fully saturated rings. The highest BCUT2D eigenvalue weighted by Crippen LogP contribution is 2.32. The minimum atomic E-state index is -1.32.